The Hall–Kier alpha value is 0.00623. The SMILES string of the molecule is C=CCCCOc1ccc[c]([Mg][Br])c1. The minimum Gasteiger partial charge on any atom is -0.494 e. The molecule has 1 aromatic rings. The Kier molecular flexibility index (Phi) is 6.31. The molecule has 3 heteroatoms. The van der Waals surface area contributed by atoms with Crippen LogP contribution in [0.1, 0.15) is 12.8 Å². The molecule has 0 radical (unpaired) electrons. The average molecular weight is 265 g/mol. The van der Waals surface area contributed by atoms with Gasteiger partial charge in [0.05, 0.1) is 6.61 Å². The molecule has 0 heterocycles. The standard InChI is InChI=1S/C11H13O.BrH.Mg/c1-2-3-7-10-12-11-8-5-4-6-9-11;;/h2,4-5,8-9H,1,3,7,10H2;1H;/q;;+1/p-1. The molecule has 0 aliphatic carbocycles. The van der Waals surface area contributed by atoms with Crippen molar-refractivity contribution in [2.45, 2.75) is 12.8 Å². The third kappa shape index (κ3) is 4.49. The van der Waals surface area contributed by atoms with E-state index < -0.39 is 0 Å². The summed E-state index contributed by atoms with van der Waals surface area (Å²) in [6, 6.07) is 8.31. The van der Waals surface area contributed by atoms with Crippen LogP contribution in [0.3, 0.4) is 0 Å². The Labute approximate surface area is 101 Å². The van der Waals surface area contributed by atoms with Gasteiger partial charge in [-0.05, 0) is 25.0 Å². The van der Waals surface area contributed by atoms with Crippen molar-refractivity contribution in [1.29, 1.82) is 0 Å². The Bertz CT molecular complexity index is 288. The minimum absolute atomic E-state index is 0.247. The first-order valence-electron chi connectivity index (χ1n) is 4.75. The van der Waals surface area contributed by atoms with Gasteiger partial charge in [0.1, 0.15) is 5.75 Å². The zero-order chi connectivity index (χ0) is 10.2. The van der Waals surface area contributed by atoms with Crippen LogP contribution in [0.2, 0.25) is 0 Å². The fourth-order valence-electron chi connectivity index (χ4n) is 1.14. The van der Waals surface area contributed by atoms with Crippen LogP contribution in [0, 0.1) is 0 Å². The second kappa shape index (κ2) is 7.32. The lowest BCUT2D eigenvalue weighted by Crippen LogP contribution is -2.08. The summed E-state index contributed by atoms with van der Waals surface area (Å²) in [4.78, 5) is 0. The summed E-state index contributed by atoms with van der Waals surface area (Å²) in [6.07, 6.45) is 3.98. The summed E-state index contributed by atoms with van der Waals surface area (Å²) < 4.78 is 6.98. The van der Waals surface area contributed by atoms with Crippen LogP contribution in [0.5, 0.6) is 5.75 Å². The first-order valence-corrected chi connectivity index (χ1v) is 9.36. The van der Waals surface area contributed by atoms with Gasteiger partial charge >= 0.3 is 18.2 Å². The smallest absolute Gasteiger partial charge is 0.494 e. The molecule has 0 aromatic heterocycles. The Morgan fingerprint density at radius 2 is 2.36 bits per heavy atom. The molecule has 1 nitrogen and oxygen atoms in total. The highest BCUT2D eigenvalue weighted by atomic mass is 79.9. The van der Waals surface area contributed by atoms with Crippen LogP contribution < -0.4 is 8.43 Å². The van der Waals surface area contributed by atoms with E-state index in [1.54, 1.807) is 0 Å². The molecular formula is C11H13BrMgO. The van der Waals surface area contributed by atoms with Crippen LogP contribution in [-0.4, -0.2) is 24.8 Å². The topological polar surface area (TPSA) is 9.23 Å². The van der Waals surface area contributed by atoms with E-state index in [-0.39, 0.29) is 18.2 Å². The van der Waals surface area contributed by atoms with Gasteiger partial charge in [-0.1, -0.05) is 18.2 Å². The molecule has 0 amide bonds. The quantitative estimate of drug-likeness (QED) is 0.436. The fourth-order valence-corrected chi connectivity index (χ4v) is 2.69. The lowest BCUT2D eigenvalue weighted by Gasteiger charge is -2.06. The molecular weight excluding hydrogens is 252 g/mol. The van der Waals surface area contributed by atoms with Gasteiger partial charge < -0.3 is 4.74 Å². The highest BCUT2D eigenvalue weighted by molar-refractivity contribution is 9.23. The molecule has 0 aliphatic rings. The third-order valence-electron chi connectivity index (χ3n) is 1.87. The molecule has 0 aliphatic heterocycles. The average Bonchev–Trinajstić information content (AvgIpc) is 2.25. The van der Waals surface area contributed by atoms with Gasteiger partial charge in [0.15, 0.2) is 0 Å². The van der Waals surface area contributed by atoms with E-state index in [4.69, 9.17) is 4.74 Å². The van der Waals surface area contributed by atoms with Crippen molar-refractivity contribution in [2.24, 2.45) is 0 Å². The first-order chi connectivity index (χ1) is 6.86. The summed E-state index contributed by atoms with van der Waals surface area (Å²) in [6.45, 7) is 4.45. The third-order valence-corrected chi connectivity index (χ3v) is 4.56. The van der Waals surface area contributed by atoms with Gasteiger partial charge in [-0.25, -0.2) is 0 Å². The van der Waals surface area contributed by atoms with E-state index in [0.29, 0.717) is 0 Å². The van der Waals surface area contributed by atoms with E-state index >= 15 is 0 Å². The number of halogens is 1. The number of benzene rings is 1. The van der Waals surface area contributed by atoms with Crippen LogP contribution in [0.4, 0.5) is 0 Å². The number of rotatable bonds is 6. The van der Waals surface area contributed by atoms with Crippen LogP contribution in [0.25, 0.3) is 0 Å². The van der Waals surface area contributed by atoms with E-state index in [2.05, 4.69) is 31.6 Å². The number of hydrogen-bond donors (Lipinski definition) is 0. The Balaban J connectivity index is 2.38. The summed E-state index contributed by atoms with van der Waals surface area (Å²) in [5, 5.41) is 0. The molecule has 0 spiro atoms. The highest BCUT2D eigenvalue weighted by Gasteiger charge is 1.97. The van der Waals surface area contributed by atoms with Crippen molar-refractivity contribution in [2.75, 3.05) is 6.61 Å². The lowest BCUT2D eigenvalue weighted by molar-refractivity contribution is 0.312. The first kappa shape index (κ1) is 12.1. The van der Waals surface area contributed by atoms with Gasteiger partial charge in [-0.3, -0.25) is 12.9 Å². The van der Waals surface area contributed by atoms with E-state index in [1.807, 2.05) is 18.2 Å². The number of unbranched alkanes of at least 4 members (excludes halogenated alkanes) is 1. The molecule has 0 saturated carbocycles. The summed E-state index contributed by atoms with van der Waals surface area (Å²) in [7, 11) is 0. The highest BCUT2D eigenvalue weighted by Crippen LogP contribution is 2.08. The Morgan fingerprint density at radius 3 is 3.07 bits per heavy atom. The van der Waals surface area contributed by atoms with Gasteiger partial charge in [-0.2, -0.15) is 0 Å². The predicted molar refractivity (Wildman–Crippen MR) is 65.7 cm³/mol. The molecule has 0 fully saturated rings. The molecule has 0 saturated heterocycles. The zero-order valence-corrected chi connectivity index (χ0v) is 11.2. The summed E-state index contributed by atoms with van der Waals surface area (Å²) in [5.74, 6) is 0.985. The van der Waals surface area contributed by atoms with Crippen LogP contribution in [-0.2, 0) is 0 Å². The molecule has 72 valence electrons. The number of ether oxygens (including phenoxy) is 1. The predicted octanol–water partition coefficient (Wildman–Crippen LogP) is 2.67. The van der Waals surface area contributed by atoms with Crippen molar-refractivity contribution in [3.05, 3.63) is 36.9 Å². The molecule has 1 aromatic carbocycles. The monoisotopic (exact) mass is 264 g/mol. The molecule has 0 bridgehead atoms. The summed E-state index contributed by atoms with van der Waals surface area (Å²) >= 11 is 3.31. The van der Waals surface area contributed by atoms with Crippen molar-refractivity contribution in [3.8, 4) is 5.75 Å². The Morgan fingerprint density at radius 1 is 1.50 bits per heavy atom. The second-order valence-electron chi connectivity index (χ2n) is 3.06. The molecule has 0 unspecified atom stereocenters. The second-order valence-corrected chi connectivity index (χ2v) is 5.83. The molecule has 0 N–H and O–H groups in total. The van der Waals surface area contributed by atoms with Gasteiger partial charge in [0.2, 0.25) is 0 Å². The number of hydrogen-bond acceptors (Lipinski definition) is 1. The van der Waals surface area contributed by atoms with Crippen LogP contribution in [0.15, 0.2) is 36.9 Å². The van der Waals surface area contributed by atoms with Crippen molar-refractivity contribution in [3.63, 3.8) is 0 Å². The maximum atomic E-state index is 5.60. The van der Waals surface area contributed by atoms with E-state index in [0.717, 1.165) is 25.2 Å². The minimum atomic E-state index is -0.247. The molecule has 0 atom stereocenters. The van der Waals surface area contributed by atoms with Crippen molar-refractivity contribution < 1.29 is 4.74 Å². The van der Waals surface area contributed by atoms with Gasteiger partial charge in [-0.15, -0.1) is 10.3 Å². The zero-order valence-electron chi connectivity index (χ0n) is 8.21. The van der Waals surface area contributed by atoms with Crippen molar-refractivity contribution in [1.82, 2.24) is 0 Å². The molecule has 1 rings (SSSR count). The fraction of sp³-hybridized carbons (Fsp3) is 0.273. The van der Waals surface area contributed by atoms with Crippen LogP contribution >= 0.6 is 12.9 Å². The summed E-state index contributed by atoms with van der Waals surface area (Å²) in [5.41, 5.74) is 0. The largest absolute Gasteiger partial charge is 0.506 e. The number of allylic oxidation sites excluding steroid dienone is 1. The van der Waals surface area contributed by atoms with Gasteiger partial charge in [0.25, 0.3) is 0 Å². The van der Waals surface area contributed by atoms with Gasteiger partial charge in [0, 0.05) is 0 Å². The maximum absolute atomic E-state index is 5.60. The van der Waals surface area contributed by atoms with Crippen molar-refractivity contribution >= 4 is 34.8 Å². The maximum Gasteiger partial charge on any atom is 0.506 e. The lowest BCUT2D eigenvalue weighted by atomic mass is 10.3. The van der Waals surface area contributed by atoms with E-state index in [1.165, 1.54) is 3.69 Å². The van der Waals surface area contributed by atoms with E-state index in [9.17, 15) is 0 Å². The molecule has 14 heavy (non-hydrogen) atoms. The normalized spacial score (nSPS) is 9.21.